The predicted molar refractivity (Wildman–Crippen MR) is 184 cm³/mol. The molecule has 4 unspecified atom stereocenters. The highest BCUT2D eigenvalue weighted by Crippen LogP contribution is 2.48. The molecule has 2 aliphatic rings. The van der Waals surface area contributed by atoms with Gasteiger partial charge in [0.1, 0.15) is 30.0 Å². The van der Waals surface area contributed by atoms with Gasteiger partial charge in [-0.3, -0.25) is 9.59 Å². The second kappa shape index (κ2) is 11.2. The number of ketones is 2. The van der Waals surface area contributed by atoms with Gasteiger partial charge < -0.3 is 4.74 Å². The molecule has 4 aromatic heterocycles. The topological polar surface area (TPSA) is 104 Å². The smallest absolute Gasteiger partial charge is 0.419 e. The number of aliphatic imine (C=N–C) groups is 1. The molecule has 8 nitrogen and oxygen atoms in total. The first-order chi connectivity index (χ1) is 23.4. The zero-order valence-corrected chi connectivity index (χ0v) is 27.2. The van der Waals surface area contributed by atoms with Gasteiger partial charge in [-0.05, 0) is 36.2 Å². The van der Waals surface area contributed by atoms with E-state index in [4.69, 9.17) is 4.74 Å². The van der Waals surface area contributed by atoms with E-state index in [0.29, 0.717) is 22.2 Å². The second-order valence-corrected chi connectivity index (χ2v) is 14.6. The summed E-state index contributed by atoms with van der Waals surface area (Å²) in [4.78, 5) is 44.7. The normalized spacial score (nSPS) is 22.1. The van der Waals surface area contributed by atoms with Crippen LogP contribution in [0.15, 0.2) is 77.8 Å². The minimum atomic E-state index is -1.72. The molecule has 9 rings (SSSR count). The summed E-state index contributed by atoms with van der Waals surface area (Å²) in [5.41, 5.74) is 4.27. The van der Waals surface area contributed by atoms with Crippen molar-refractivity contribution in [2.75, 3.05) is 0 Å². The van der Waals surface area contributed by atoms with Crippen molar-refractivity contribution in [3.8, 4) is 10.4 Å². The molecule has 4 heterocycles. The number of fused-ring (bicyclic) bond motifs is 7. The number of Topliss-reactive ketones (excluding diaryl/α,β-unsaturated/α-hetero) is 2. The highest BCUT2D eigenvalue weighted by Gasteiger charge is 2.54. The number of benzene rings is 3. The van der Waals surface area contributed by atoms with Gasteiger partial charge in [0.2, 0.25) is 11.6 Å². The van der Waals surface area contributed by atoms with Crippen molar-refractivity contribution >= 4 is 105 Å². The number of nitrogens with zero attached hydrogens (tertiary/aromatic N) is 4. The van der Waals surface area contributed by atoms with Crippen molar-refractivity contribution in [3.05, 3.63) is 78.4 Å². The molecule has 3 aromatic carbocycles. The maximum Gasteiger partial charge on any atom is 0.419 e. The van der Waals surface area contributed by atoms with Crippen LogP contribution in [-0.4, -0.2) is 49.0 Å². The Balaban J connectivity index is 1.15. The molecule has 0 saturated heterocycles. The number of aromatic nitrogens is 3. The summed E-state index contributed by atoms with van der Waals surface area (Å²) in [5, 5.41) is 0.965. The lowest BCUT2D eigenvalue weighted by Gasteiger charge is -2.29. The van der Waals surface area contributed by atoms with E-state index in [2.05, 4.69) is 13.7 Å². The van der Waals surface area contributed by atoms with Crippen LogP contribution in [0.3, 0.4) is 0 Å². The van der Waals surface area contributed by atoms with Gasteiger partial charge in [-0.25, -0.2) is 23.1 Å². The molecule has 2 saturated carbocycles. The van der Waals surface area contributed by atoms with Gasteiger partial charge in [-0.1, -0.05) is 48.5 Å². The number of thiophene rings is 2. The molecule has 0 N–H and O–H groups in total. The zero-order chi connectivity index (χ0) is 32.7. The molecule has 238 valence electrons. The first-order valence-electron chi connectivity index (χ1n) is 15.2. The monoisotopic (exact) mass is 696 g/mol. The van der Waals surface area contributed by atoms with E-state index in [1.807, 2.05) is 66.7 Å². The van der Waals surface area contributed by atoms with Crippen molar-refractivity contribution in [2.45, 2.75) is 31.8 Å². The SMILES string of the molecule is O=C1C(=O)C2C(F)CC(F)CC2C1=Nc1ccc(-c2cc3c(s2)c2sc4ccccc4c2n3C(=O)OCc2ccccc2)c2nsnc12. The van der Waals surface area contributed by atoms with Crippen LogP contribution in [0.2, 0.25) is 0 Å². The summed E-state index contributed by atoms with van der Waals surface area (Å²) >= 11 is 4.11. The summed E-state index contributed by atoms with van der Waals surface area (Å²) in [5.74, 6) is -3.81. The third-order valence-electron chi connectivity index (χ3n) is 9.16. The first kappa shape index (κ1) is 29.4. The lowest BCUT2D eigenvalue weighted by atomic mass is 9.78. The maximum atomic E-state index is 14.7. The van der Waals surface area contributed by atoms with Gasteiger partial charge >= 0.3 is 6.09 Å². The van der Waals surface area contributed by atoms with E-state index >= 15 is 0 Å². The molecule has 48 heavy (non-hydrogen) atoms. The van der Waals surface area contributed by atoms with E-state index < -0.39 is 48.3 Å². The highest BCUT2D eigenvalue weighted by atomic mass is 32.1. The van der Waals surface area contributed by atoms with Crippen molar-refractivity contribution in [1.82, 2.24) is 13.3 Å². The van der Waals surface area contributed by atoms with Crippen molar-refractivity contribution < 1.29 is 27.9 Å². The Kier molecular flexibility index (Phi) is 6.85. The Bertz CT molecular complexity index is 2500. The molecule has 2 fully saturated rings. The molecular weight excluding hydrogens is 675 g/mol. The predicted octanol–water partition coefficient (Wildman–Crippen LogP) is 8.85. The van der Waals surface area contributed by atoms with Crippen molar-refractivity contribution in [1.29, 1.82) is 0 Å². The third-order valence-corrected chi connectivity index (χ3v) is 12.2. The summed E-state index contributed by atoms with van der Waals surface area (Å²) in [6, 6.07) is 22.9. The Morgan fingerprint density at radius 1 is 0.938 bits per heavy atom. The van der Waals surface area contributed by atoms with Gasteiger partial charge in [-0.2, -0.15) is 8.75 Å². The van der Waals surface area contributed by atoms with Crippen LogP contribution < -0.4 is 0 Å². The Labute approximate surface area is 282 Å². The van der Waals surface area contributed by atoms with Crippen LogP contribution in [0.5, 0.6) is 0 Å². The van der Waals surface area contributed by atoms with Gasteiger partial charge in [0.25, 0.3) is 0 Å². The molecule has 0 amide bonds. The quantitative estimate of drug-likeness (QED) is 0.170. The van der Waals surface area contributed by atoms with Crippen LogP contribution in [0.4, 0.5) is 19.3 Å². The van der Waals surface area contributed by atoms with Gasteiger partial charge in [0.15, 0.2) is 0 Å². The summed E-state index contributed by atoms with van der Waals surface area (Å²) in [7, 11) is 0. The number of ether oxygens (including phenoxy) is 1. The average Bonchev–Trinajstić information content (AvgIpc) is 3.90. The summed E-state index contributed by atoms with van der Waals surface area (Å²) in [6.45, 7) is 0.128. The van der Waals surface area contributed by atoms with Crippen molar-refractivity contribution in [2.24, 2.45) is 16.8 Å². The largest absolute Gasteiger partial charge is 0.444 e. The number of alkyl halides is 2. The maximum absolute atomic E-state index is 14.7. The second-order valence-electron chi connectivity index (χ2n) is 12.0. The molecule has 0 aliphatic heterocycles. The lowest BCUT2D eigenvalue weighted by Crippen LogP contribution is -2.36. The third kappa shape index (κ3) is 4.48. The fraction of sp³-hybridized carbons (Fsp3) is 0.200. The standard InChI is InChI=1S/C35H22F2N4O4S3/c36-17-12-20-26(21(37)13-17)31(42)32(43)28(20)38-22-11-10-18(27-29(22)40-48-39-27)25-14-23-33(47-25)34-30(19-8-4-5-9-24(19)46-34)41(23)35(44)45-15-16-6-2-1-3-7-16/h1-11,14,17,20-21,26H,12-13,15H2. The zero-order valence-electron chi connectivity index (χ0n) is 24.8. The Hall–Kier alpha value is -4.72. The van der Waals surface area contributed by atoms with E-state index in [0.717, 1.165) is 52.7 Å². The number of carbonyl (C=O) groups is 3. The number of hydrogen-bond acceptors (Lipinski definition) is 10. The molecule has 4 atom stereocenters. The fourth-order valence-electron chi connectivity index (χ4n) is 6.99. The Morgan fingerprint density at radius 3 is 2.58 bits per heavy atom. The number of rotatable bonds is 4. The van der Waals surface area contributed by atoms with E-state index in [1.165, 1.54) is 11.3 Å². The average molecular weight is 697 g/mol. The van der Waals surface area contributed by atoms with Crippen LogP contribution >= 0.6 is 34.4 Å². The minimum Gasteiger partial charge on any atom is -0.444 e. The Morgan fingerprint density at radius 2 is 1.73 bits per heavy atom. The van der Waals surface area contributed by atoms with E-state index in [1.54, 1.807) is 22.0 Å². The number of carbonyl (C=O) groups excluding carboxylic acids is 3. The van der Waals surface area contributed by atoms with Crippen LogP contribution in [0.25, 0.3) is 52.0 Å². The molecule has 13 heteroatoms. The van der Waals surface area contributed by atoms with Crippen molar-refractivity contribution in [3.63, 3.8) is 0 Å². The highest BCUT2D eigenvalue weighted by molar-refractivity contribution is 7.32. The molecule has 0 spiro atoms. The van der Waals surface area contributed by atoms with Crippen LogP contribution in [0.1, 0.15) is 18.4 Å². The summed E-state index contributed by atoms with van der Waals surface area (Å²) < 4.78 is 48.4. The van der Waals surface area contributed by atoms with Gasteiger partial charge in [-0.15, -0.1) is 22.7 Å². The van der Waals surface area contributed by atoms with Crippen LogP contribution in [0, 0.1) is 11.8 Å². The van der Waals surface area contributed by atoms with E-state index in [-0.39, 0.29) is 18.7 Å². The van der Waals surface area contributed by atoms with Gasteiger partial charge in [0.05, 0.1) is 49.5 Å². The number of hydrogen-bond donors (Lipinski definition) is 0. The van der Waals surface area contributed by atoms with E-state index in [9.17, 15) is 23.2 Å². The molecular formula is C35H22F2N4O4S3. The lowest BCUT2D eigenvalue weighted by molar-refractivity contribution is -0.136. The van der Waals surface area contributed by atoms with Gasteiger partial charge in [0, 0.05) is 32.9 Å². The minimum absolute atomic E-state index is 0.117. The van der Waals surface area contributed by atoms with Crippen LogP contribution in [-0.2, 0) is 20.9 Å². The fourth-order valence-corrected chi connectivity index (χ4v) is 10.1. The first-order valence-corrected chi connectivity index (χ1v) is 17.6. The molecule has 0 radical (unpaired) electrons. The molecule has 7 aromatic rings. The molecule has 0 bridgehead atoms. The molecule has 2 aliphatic carbocycles. The number of halogens is 2. The summed E-state index contributed by atoms with van der Waals surface area (Å²) in [6.07, 6.45) is -4.17.